The fourth-order valence-corrected chi connectivity index (χ4v) is 7.30. The Morgan fingerprint density at radius 3 is 2.58 bits per heavy atom. The SMILES string of the molecule is COc1cccc(NC(=O)OC2CC3C(=O)NC4(C(=O)NS(=O)(=O)C5(C)CC5)CC4/C=C/CCCCN(C)C(=O)C3C2)c1. The second-order valence-corrected chi connectivity index (χ2v) is 14.6. The predicted octanol–water partition coefficient (Wildman–Crippen LogP) is 2.71. The molecule has 0 radical (unpaired) electrons. The van der Waals surface area contributed by atoms with E-state index >= 15 is 0 Å². The smallest absolute Gasteiger partial charge is 0.411 e. The van der Waals surface area contributed by atoms with Crippen LogP contribution >= 0.6 is 0 Å². The molecule has 43 heavy (non-hydrogen) atoms. The number of benzene rings is 1. The van der Waals surface area contributed by atoms with Crippen LogP contribution in [0.25, 0.3) is 0 Å². The van der Waals surface area contributed by atoms with E-state index in [4.69, 9.17) is 9.47 Å². The molecule has 5 unspecified atom stereocenters. The summed E-state index contributed by atoms with van der Waals surface area (Å²) in [6.07, 6.45) is 6.06. The number of hydrogen-bond donors (Lipinski definition) is 3. The van der Waals surface area contributed by atoms with Crippen LogP contribution in [0.4, 0.5) is 10.5 Å². The minimum absolute atomic E-state index is 0.0795. The summed E-state index contributed by atoms with van der Waals surface area (Å²) in [6, 6.07) is 6.76. The maximum atomic E-state index is 13.8. The van der Waals surface area contributed by atoms with Crippen molar-refractivity contribution >= 4 is 39.5 Å². The molecule has 0 bridgehead atoms. The van der Waals surface area contributed by atoms with Gasteiger partial charge in [-0.15, -0.1) is 0 Å². The van der Waals surface area contributed by atoms with E-state index in [9.17, 15) is 27.6 Å². The molecule has 1 aliphatic heterocycles. The number of fused-ring (bicyclic) bond motifs is 2. The Bertz CT molecular complexity index is 1420. The van der Waals surface area contributed by atoms with E-state index in [1.165, 1.54) is 7.11 Å². The molecule has 1 aromatic carbocycles. The van der Waals surface area contributed by atoms with Gasteiger partial charge >= 0.3 is 6.09 Å². The molecule has 5 rings (SSSR count). The molecular formula is C30H40N4O8S. The third-order valence-corrected chi connectivity index (χ3v) is 11.4. The molecule has 5 atom stereocenters. The molecule has 4 aliphatic rings. The lowest BCUT2D eigenvalue weighted by molar-refractivity contribution is -0.140. The zero-order valence-corrected chi connectivity index (χ0v) is 25.6. The van der Waals surface area contributed by atoms with Gasteiger partial charge in [0.15, 0.2) is 0 Å². The minimum atomic E-state index is -3.92. The second kappa shape index (κ2) is 11.8. The van der Waals surface area contributed by atoms with Gasteiger partial charge in [-0.1, -0.05) is 18.2 Å². The molecular weight excluding hydrogens is 576 g/mol. The summed E-state index contributed by atoms with van der Waals surface area (Å²) in [5, 5.41) is 5.49. The number of sulfonamides is 1. The van der Waals surface area contributed by atoms with Crippen LogP contribution in [0.3, 0.4) is 0 Å². The van der Waals surface area contributed by atoms with E-state index in [-0.39, 0.29) is 31.1 Å². The molecule has 13 heteroatoms. The number of amides is 4. The zero-order chi connectivity index (χ0) is 31.0. The van der Waals surface area contributed by atoms with Crippen molar-refractivity contribution in [2.75, 3.05) is 26.0 Å². The lowest BCUT2D eigenvalue weighted by Crippen LogP contribution is -2.55. The zero-order valence-electron chi connectivity index (χ0n) is 24.8. The molecule has 0 saturated heterocycles. The number of methoxy groups -OCH3 is 1. The topological polar surface area (TPSA) is 160 Å². The predicted molar refractivity (Wildman–Crippen MR) is 157 cm³/mol. The lowest BCUT2D eigenvalue weighted by Gasteiger charge is -2.27. The van der Waals surface area contributed by atoms with E-state index in [1.54, 1.807) is 43.1 Å². The summed E-state index contributed by atoms with van der Waals surface area (Å²) in [4.78, 5) is 55.2. The Balaban J connectivity index is 1.34. The summed E-state index contributed by atoms with van der Waals surface area (Å²) in [6.45, 7) is 2.11. The van der Waals surface area contributed by atoms with Gasteiger partial charge in [0.25, 0.3) is 5.91 Å². The first-order valence-electron chi connectivity index (χ1n) is 14.8. The Labute approximate surface area is 252 Å². The highest BCUT2D eigenvalue weighted by atomic mass is 32.2. The number of ether oxygens (including phenoxy) is 2. The molecule has 3 N–H and O–H groups in total. The van der Waals surface area contributed by atoms with Crippen LogP contribution in [0.1, 0.15) is 58.3 Å². The summed E-state index contributed by atoms with van der Waals surface area (Å²) in [5.41, 5.74) is -0.969. The Kier molecular flexibility index (Phi) is 8.47. The Morgan fingerprint density at radius 2 is 1.86 bits per heavy atom. The third kappa shape index (κ3) is 6.51. The van der Waals surface area contributed by atoms with Crippen molar-refractivity contribution in [3.63, 3.8) is 0 Å². The number of allylic oxidation sites excluding steroid dienone is 1. The van der Waals surface area contributed by atoms with Crippen LogP contribution < -0.4 is 20.1 Å². The van der Waals surface area contributed by atoms with E-state index in [0.29, 0.717) is 30.8 Å². The quantitative estimate of drug-likeness (QED) is 0.412. The van der Waals surface area contributed by atoms with Crippen molar-refractivity contribution in [2.45, 2.75) is 74.7 Å². The van der Waals surface area contributed by atoms with Crippen LogP contribution in [0.15, 0.2) is 36.4 Å². The summed E-state index contributed by atoms with van der Waals surface area (Å²) in [5.74, 6) is -3.01. The van der Waals surface area contributed by atoms with Gasteiger partial charge in [0.05, 0.1) is 23.7 Å². The molecule has 0 aromatic heterocycles. The number of nitrogens with zero attached hydrogens (tertiary/aromatic N) is 1. The molecule has 4 amide bonds. The maximum absolute atomic E-state index is 13.8. The molecule has 3 saturated carbocycles. The van der Waals surface area contributed by atoms with Gasteiger partial charge in [-0.3, -0.25) is 24.4 Å². The molecule has 12 nitrogen and oxygen atoms in total. The molecule has 1 heterocycles. The average molecular weight is 617 g/mol. The van der Waals surface area contributed by atoms with Crippen LogP contribution in [0.5, 0.6) is 5.75 Å². The van der Waals surface area contributed by atoms with E-state index in [0.717, 1.165) is 19.3 Å². The first-order valence-corrected chi connectivity index (χ1v) is 16.3. The van der Waals surface area contributed by atoms with E-state index in [1.807, 2.05) is 12.2 Å². The molecule has 3 aliphatic carbocycles. The van der Waals surface area contributed by atoms with Crippen molar-refractivity contribution < 1.29 is 37.1 Å². The van der Waals surface area contributed by atoms with E-state index in [2.05, 4.69) is 15.4 Å². The average Bonchev–Trinajstić information content (AvgIpc) is 3.84. The van der Waals surface area contributed by atoms with Gasteiger partial charge in [0, 0.05) is 31.3 Å². The van der Waals surface area contributed by atoms with Crippen LogP contribution in [0, 0.1) is 17.8 Å². The number of rotatable bonds is 6. The van der Waals surface area contributed by atoms with E-state index < -0.39 is 56.2 Å². The Morgan fingerprint density at radius 1 is 1.12 bits per heavy atom. The number of anilines is 1. The summed E-state index contributed by atoms with van der Waals surface area (Å²) >= 11 is 0. The van der Waals surface area contributed by atoms with Crippen molar-refractivity contribution in [1.82, 2.24) is 14.9 Å². The first kappa shape index (κ1) is 30.8. The molecule has 3 fully saturated rings. The van der Waals surface area contributed by atoms with Gasteiger partial charge in [-0.05, 0) is 70.4 Å². The van der Waals surface area contributed by atoms with Gasteiger partial charge in [-0.2, -0.15) is 0 Å². The lowest BCUT2D eigenvalue weighted by atomic mass is 9.93. The van der Waals surface area contributed by atoms with Crippen LogP contribution in [0.2, 0.25) is 0 Å². The number of carbonyl (C=O) groups excluding carboxylic acids is 4. The fraction of sp³-hybridized carbons (Fsp3) is 0.600. The van der Waals surface area contributed by atoms with Crippen molar-refractivity contribution in [3.05, 3.63) is 36.4 Å². The number of nitrogens with one attached hydrogen (secondary N) is 3. The highest BCUT2D eigenvalue weighted by Gasteiger charge is 2.63. The van der Waals surface area contributed by atoms with Crippen molar-refractivity contribution in [1.29, 1.82) is 0 Å². The van der Waals surface area contributed by atoms with Gasteiger partial charge in [0.1, 0.15) is 17.4 Å². The van der Waals surface area contributed by atoms with Gasteiger partial charge in [-0.25, -0.2) is 13.2 Å². The fourth-order valence-electron chi connectivity index (χ4n) is 5.99. The van der Waals surface area contributed by atoms with Gasteiger partial charge in [0.2, 0.25) is 21.8 Å². The molecule has 0 spiro atoms. The summed E-state index contributed by atoms with van der Waals surface area (Å²) in [7, 11) is -0.713. The molecule has 1 aromatic rings. The number of carbonyl (C=O) groups is 4. The van der Waals surface area contributed by atoms with Crippen molar-refractivity contribution in [3.8, 4) is 5.75 Å². The second-order valence-electron chi connectivity index (χ2n) is 12.4. The monoisotopic (exact) mass is 616 g/mol. The minimum Gasteiger partial charge on any atom is -0.497 e. The standard InChI is InChI=1S/C30H40N4O8S/c1-29(12-13-29)43(39,40)33-27(37)30-18-19(30)9-6-4-5-7-14-34(2)26(36)24-17-22(16-23(24)25(35)32-30)42-28(38)31-20-10-8-11-21(15-20)41-3/h6,8-11,15,19,22-24H,4-5,7,12-14,16-18H2,1-3H3,(H,31,38)(H,32,35)(H,33,37)/b9-6+. The molecule has 234 valence electrons. The highest BCUT2D eigenvalue weighted by molar-refractivity contribution is 7.91. The number of hydrogen-bond acceptors (Lipinski definition) is 8. The van der Waals surface area contributed by atoms with Crippen molar-refractivity contribution in [2.24, 2.45) is 17.8 Å². The Hall–Kier alpha value is -3.61. The normalized spacial score (nSPS) is 30.9. The third-order valence-electron chi connectivity index (χ3n) is 9.22. The van der Waals surface area contributed by atoms with Crippen LogP contribution in [-0.2, 0) is 29.1 Å². The van der Waals surface area contributed by atoms with Crippen LogP contribution in [-0.4, -0.2) is 74.2 Å². The highest BCUT2D eigenvalue weighted by Crippen LogP contribution is 2.48. The van der Waals surface area contributed by atoms with Gasteiger partial charge < -0.3 is 19.7 Å². The largest absolute Gasteiger partial charge is 0.497 e. The maximum Gasteiger partial charge on any atom is 0.411 e. The first-order chi connectivity index (χ1) is 20.4. The summed E-state index contributed by atoms with van der Waals surface area (Å²) < 4.78 is 37.8.